The summed E-state index contributed by atoms with van der Waals surface area (Å²) in [5.41, 5.74) is 2.54. The molecule has 0 spiro atoms. The van der Waals surface area contributed by atoms with E-state index in [-0.39, 0.29) is 5.91 Å². The fourth-order valence-electron chi connectivity index (χ4n) is 2.03. The van der Waals surface area contributed by atoms with Gasteiger partial charge in [-0.05, 0) is 36.7 Å². The van der Waals surface area contributed by atoms with Gasteiger partial charge in [0, 0.05) is 24.1 Å². The van der Waals surface area contributed by atoms with Crippen molar-refractivity contribution < 1.29 is 4.79 Å². The predicted octanol–water partition coefficient (Wildman–Crippen LogP) is 2.59. The normalized spacial score (nSPS) is 10.8. The molecular formula is C13H12N4OS. The lowest BCUT2D eigenvalue weighted by Crippen LogP contribution is -2.11. The first-order chi connectivity index (χ1) is 9.16. The highest BCUT2D eigenvalue weighted by Gasteiger charge is 2.14. The van der Waals surface area contributed by atoms with Gasteiger partial charge in [-0.3, -0.25) is 4.79 Å². The van der Waals surface area contributed by atoms with Gasteiger partial charge in [0.2, 0.25) is 0 Å². The van der Waals surface area contributed by atoms with Crippen molar-refractivity contribution in [2.75, 3.05) is 5.32 Å². The second-order valence-corrected chi connectivity index (χ2v) is 5.06. The third-order valence-corrected chi connectivity index (χ3v) is 3.86. The molecular weight excluding hydrogens is 260 g/mol. The third kappa shape index (κ3) is 2.00. The van der Waals surface area contributed by atoms with Crippen molar-refractivity contribution in [1.82, 2.24) is 14.2 Å². The van der Waals surface area contributed by atoms with Gasteiger partial charge in [0.25, 0.3) is 5.91 Å². The number of carbonyl (C=O) groups is 1. The number of hydrogen-bond acceptors (Lipinski definition) is 4. The van der Waals surface area contributed by atoms with Crippen LogP contribution in [0.5, 0.6) is 0 Å². The van der Waals surface area contributed by atoms with Crippen molar-refractivity contribution >= 4 is 34.0 Å². The maximum atomic E-state index is 12.2. The molecule has 0 atom stereocenters. The number of anilines is 1. The van der Waals surface area contributed by atoms with Crippen LogP contribution in [0.25, 0.3) is 10.9 Å². The lowest BCUT2D eigenvalue weighted by atomic mass is 10.2. The van der Waals surface area contributed by atoms with E-state index in [0.717, 1.165) is 28.1 Å². The van der Waals surface area contributed by atoms with E-state index in [1.165, 1.54) is 0 Å². The monoisotopic (exact) mass is 272 g/mol. The maximum absolute atomic E-state index is 12.2. The number of aromatic nitrogens is 3. The van der Waals surface area contributed by atoms with E-state index in [2.05, 4.69) is 14.9 Å². The number of benzene rings is 1. The molecule has 0 unspecified atom stereocenters. The van der Waals surface area contributed by atoms with Crippen molar-refractivity contribution in [2.45, 2.75) is 6.92 Å². The summed E-state index contributed by atoms with van der Waals surface area (Å²) in [6.07, 6.45) is 1.97. The van der Waals surface area contributed by atoms with E-state index in [0.29, 0.717) is 10.6 Å². The third-order valence-electron chi connectivity index (χ3n) is 3.03. The Labute approximate surface area is 114 Å². The Bertz CT molecular complexity index is 759. The molecule has 0 bridgehead atoms. The topological polar surface area (TPSA) is 59.8 Å². The zero-order chi connectivity index (χ0) is 13.4. The summed E-state index contributed by atoms with van der Waals surface area (Å²) in [7, 11) is 1.98. The molecule has 0 radical (unpaired) electrons. The summed E-state index contributed by atoms with van der Waals surface area (Å²) >= 11 is 1.11. The van der Waals surface area contributed by atoms with Gasteiger partial charge < -0.3 is 9.88 Å². The first-order valence-electron chi connectivity index (χ1n) is 5.81. The molecule has 0 fully saturated rings. The average molecular weight is 272 g/mol. The molecule has 3 rings (SSSR count). The number of amides is 1. The zero-order valence-corrected chi connectivity index (χ0v) is 11.4. The summed E-state index contributed by atoms with van der Waals surface area (Å²) in [5.74, 6) is -0.163. The lowest BCUT2D eigenvalue weighted by molar-refractivity contribution is 0.103. The van der Waals surface area contributed by atoms with Crippen molar-refractivity contribution in [3.63, 3.8) is 0 Å². The van der Waals surface area contributed by atoms with Gasteiger partial charge in [-0.15, -0.1) is 5.10 Å². The molecule has 1 amide bonds. The standard InChI is InChI=1S/C13H12N4OS/c1-8-12(19-16-15-8)13(18)14-10-4-3-5-11-9(10)6-7-17(11)2/h3-7H,1-2H3,(H,14,18). The summed E-state index contributed by atoms with van der Waals surface area (Å²) in [6.45, 7) is 1.78. The van der Waals surface area contributed by atoms with E-state index in [9.17, 15) is 4.79 Å². The highest BCUT2D eigenvalue weighted by atomic mass is 32.1. The van der Waals surface area contributed by atoms with Gasteiger partial charge in [0.05, 0.1) is 11.4 Å². The molecule has 3 aromatic rings. The molecule has 96 valence electrons. The number of nitrogens with one attached hydrogen (secondary N) is 1. The van der Waals surface area contributed by atoms with Crippen LogP contribution in [0.3, 0.4) is 0 Å². The van der Waals surface area contributed by atoms with Crippen molar-refractivity contribution in [1.29, 1.82) is 0 Å². The van der Waals surface area contributed by atoms with Gasteiger partial charge in [0.1, 0.15) is 4.88 Å². The van der Waals surface area contributed by atoms with Crippen LogP contribution in [0.2, 0.25) is 0 Å². The van der Waals surface area contributed by atoms with Gasteiger partial charge in [-0.1, -0.05) is 10.6 Å². The lowest BCUT2D eigenvalue weighted by Gasteiger charge is -2.06. The Hall–Kier alpha value is -2.21. The van der Waals surface area contributed by atoms with Crippen LogP contribution in [-0.4, -0.2) is 20.1 Å². The SMILES string of the molecule is Cc1nnsc1C(=O)Nc1cccc2c1ccn2C. The Morgan fingerprint density at radius 3 is 2.95 bits per heavy atom. The minimum absolute atomic E-state index is 0.163. The van der Waals surface area contributed by atoms with Gasteiger partial charge in [0.15, 0.2) is 0 Å². The average Bonchev–Trinajstić information content (AvgIpc) is 2.97. The number of carbonyl (C=O) groups excluding carboxylic acids is 1. The summed E-state index contributed by atoms with van der Waals surface area (Å²) in [6, 6.07) is 7.83. The number of hydrogen-bond donors (Lipinski definition) is 1. The van der Waals surface area contributed by atoms with Gasteiger partial charge in [-0.25, -0.2) is 0 Å². The van der Waals surface area contributed by atoms with Crippen LogP contribution < -0.4 is 5.32 Å². The molecule has 0 aliphatic carbocycles. The molecule has 0 aliphatic heterocycles. The fraction of sp³-hybridized carbons (Fsp3) is 0.154. The van der Waals surface area contributed by atoms with Crippen molar-refractivity contribution in [2.24, 2.45) is 7.05 Å². The molecule has 2 heterocycles. The molecule has 6 heteroatoms. The molecule has 19 heavy (non-hydrogen) atoms. The van der Waals surface area contributed by atoms with Crippen LogP contribution in [0.4, 0.5) is 5.69 Å². The number of aryl methyl sites for hydroxylation is 2. The Balaban J connectivity index is 1.98. The first-order valence-corrected chi connectivity index (χ1v) is 6.58. The van der Waals surface area contributed by atoms with Crippen molar-refractivity contribution in [3.05, 3.63) is 41.0 Å². The molecule has 1 aromatic carbocycles. The second kappa shape index (κ2) is 4.47. The number of rotatable bonds is 2. The van der Waals surface area contributed by atoms with Crippen LogP contribution >= 0.6 is 11.5 Å². The Morgan fingerprint density at radius 1 is 1.37 bits per heavy atom. The van der Waals surface area contributed by atoms with E-state index in [1.54, 1.807) is 6.92 Å². The second-order valence-electron chi connectivity index (χ2n) is 4.31. The highest BCUT2D eigenvalue weighted by Crippen LogP contribution is 2.24. The predicted molar refractivity (Wildman–Crippen MR) is 75.5 cm³/mol. The highest BCUT2D eigenvalue weighted by molar-refractivity contribution is 7.08. The Kier molecular flexibility index (Phi) is 2.79. The summed E-state index contributed by atoms with van der Waals surface area (Å²) in [5, 5.41) is 7.79. The molecule has 2 aromatic heterocycles. The quantitative estimate of drug-likeness (QED) is 0.780. The summed E-state index contributed by atoms with van der Waals surface area (Å²) < 4.78 is 5.80. The zero-order valence-electron chi connectivity index (χ0n) is 10.5. The van der Waals surface area contributed by atoms with E-state index in [4.69, 9.17) is 0 Å². The smallest absolute Gasteiger partial charge is 0.269 e. The molecule has 5 nitrogen and oxygen atoms in total. The van der Waals surface area contributed by atoms with E-state index >= 15 is 0 Å². The van der Waals surface area contributed by atoms with Crippen LogP contribution in [-0.2, 0) is 7.05 Å². The number of fused-ring (bicyclic) bond motifs is 1. The minimum Gasteiger partial charge on any atom is -0.350 e. The molecule has 1 N–H and O–H groups in total. The first kappa shape index (κ1) is 11.9. The van der Waals surface area contributed by atoms with Gasteiger partial charge in [-0.2, -0.15) is 0 Å². The summed E-state index contributed by atoms with van der Waals surface area (Å²) in [4.78, 5) is 12.7. The largest absolute Gasteiger partial charge is 0.350 e. The Morgan fingerprint density at radius 2 is 2.21 bits per heavy atom. The van der Waals surface area contributed by atoms with Crippen LogP contribution in [0.15, 0.2) is 30.5 Å². The minimum atomic E-state index is -0.163. The van der Waals surface area contributed by atoms with E-state index < -0.39 is 0 Å². The molecule has 0 saturated heterocycles. The van der Waals surface area contributed by atoms with Gasteiger partial charge >= 0.3 is 0 Å². The van der Waals surface area contributed by atoms with Crippen LogP contribution in [0.1, 0.15) is 15.4 Å². The number of nitrogens with zero attached hydrogens (tertiary/aromatic N) is 3. The molecule has 0 aliphatic rings. The maximum Gasteiger partial charge on any atom is 0.269 e. The van der Waals surface area contributed by atoms with Crippen molar-refractivity contribution in [3.8, 4) is 0 Å². The van der Waals surface area contributed by atoms with Crippen LogP contribution in [0, 0.1) is 6.92 Å². The fourth-order valence-corrected chi connectivity index (χ4v) is 2.58. The molecule has 0 saturated carbocycles. The van der Waals surface area contributed by atoms with E-state index in [1.807, 2.05) is 42.1 Å².